The molecule has 1 rings (SSSR count). The Hall–Kier alpha value is -0.870. The normalized spacial score (nSPS) is 12.2. The summed E-state index contributed by atoms with van der Waals surface area (Å²) in [5, 5.41) is 3.43. The third-order valence-electron chi connectivity index (χ3n) is 2.87. The monoisotopic (exact) mass is 312 g/mol. The van der Waals surface area contributed by atoms with E-state index in [0.29, 0.717) is 12.5 Å². The average Bonchev–Trinajstić information content (AvgIpc) is 2.33. The Bertz CT molecular complexity index is 393. The highest BCUT2D eigenvalue weighted by Crippen LogP contribution is 2.17. The van der Waals surface area contributed by atoms with Crippen LogP contribution in [0.15, 0.2) is 28.7 Å². The second-order valence-corrected chi connectivity index (χ2v) is 5.54. The van der Waals surface area contributed by atoms with E-state index in [1.165, 1.54) is 5.56 Å². The summed E-state index contributed by atoms with van der Waals surface area (Å²) in [4.78, 5) is 13.0. The van der Waals surface area contributed by atoms with Crippen LogP contribution in [0.25, 0.3) is 0 Å². The van der Waals surface area contributed by atoms with Crippen molar-refractivity contribution in [3.63, 3.8) is 0 Å². The zero-order valence-corrected chi connectivity index (χ0v) is 12.8. The van der Waals surface area contributed by atoms with Gasteiger partial charge in [0.25, 0.3) is 0 Å². The maximum absolute atomic E-state index is 11.4. The lowest BCUT2D eigenvalue weighted by molar-refractivity contribution is -0.128. The van der Waals surface area contributed by atoms with Gasteiger partial charge < -0.3 is 10.2 Å². The van der Waals surface area contributed by atoms with E-state index in [4.69, 9.17) is 0 Å². The second-order valence-electron chi connectivity index (χ2n) is 4.62. The van der Waals surface area contributed by atoms with Crippen molar-refractivity contribution in [1.29, 1.82) is 0 Å². The van der Waals surface area contributed by atoms with Crippen LogP contribution >= 0.6 is 15.9 Å². The van der Waals surface area contributed by atoms with Crippen molar-refractivity contribution >= 4 is 21.8 Å². The predicted octanol–water partition coefficient (Wildman–Crippen LogP) is 2.97. The molecule has 1 atom stereocenters. The van der Waals surface area contributed by atoms with Crippen LogP contribution in [0.3, 0.4) is 0 Å². The fourth-order valence-corrected chi connectivity index (χ4v) is 2.09. The lowest BCUT2D eigenvalue weighted by atomic mass is 10.1. The molecule has 3 nitrogen and oxygen atoms in total. The number of nitrogens with zero attached hydrogens (tertiary/aromatic N) is 1. The molecule has 0 saturated heterocycles. The number of carbonyl (C=O) groups is 1. The topological polar surface area (TPSA) is 32.3 Å². The van der Waals surface area contributed by atoms with Gasteiger partial charge in [-0.2, -0.15) is 0 Å². The van der Waals surface area contributed by atoms with Gasteiger partial charge in [0.2, 0.25) is 5.91 Å². The van der Waals surface area contributed by atoms with Crippen LogP contribution in [0.4, 0.5) is 0 Å². The Morgan fingerprint density at radius 2 is 2.17 bits per heavy atom. The zero-order valence-electron chi connectivity index (χ0n) is 11.2. The van der Waals surface area contributed by atoms with Crippen molar-refractivity contribution in [1.82, 2.24) is 10.2 Å². The summed E-state index contributed by atoms with van der Waals surface area (Å²) in [5.74, 6) is 0.187. The highest BCUT2D eigenvalue weighted by atomic mass is 79.9. The van der Waals surface area contributed by atoms with E-state index in [9.17, 15) is 4.79 Å². The van der Waals surface area contributed by atoms with Crippen LogP contribution in [-0.4, -0.2) is 31.4 Å². The fraction of sp³-hybridized carbons (Fsp3) is 0.500. The first-order valence-electron chi connectivity index (χ1n) is 6.19. The Labute approximate surface area is 118 Å². The summed E-state index contributed by atoms with van der Waals surface area (Å²) in [6.07, 6.45) is 1.47. The Kier molecular flexibility index (Phi) is 6.36. The summed E-state index contributed by atoms with van der Waals surface area (Å²) in [6.45, 7) is 2.99. The first-order chi connectivity index (χ1) is 8.50. The van der Waals surface area contributed by atoms with Crippen molar-refractivity contribution < 1.29 is 4.79 Å². The maximum atomic E-state index is 11.4. The van der Waals surface area contributed by atoms with Crippen LogP contribution in [0, 0.1) is 0 Å². The lowest BCUT2D eigenvalue weighted by Crippen LogP contribution is -2.24. The molecule has 1 aromatic carbocycles. The van der Waals surface area contributed by atoms with Crippen LogP contribution < -0.4 is 5.32 Å². The van der Waals surface area contributed by atoms with E-state index in [-0.39, 0.29) is 5.91 Å². The van der Waals surface area contributed by atoms with Gasteiger partial charge in [-0.3, -0.25) is 4.79 Å². The number of halogens is 1. The molecule has 0 saturated carbocycles. The van der Waals surface area contributed by atoms with Crippen molar-refractivity contribution in [3.05, 3.63) is 34.3 Å². The summed E-state index contributed by atoms with van der Waals surface area (Å²) >= 11 is 3.47. The molecule has 1 amide bonds. The molecule has 0 aliphatic heterocycles. The third kappa shape index (κ3) is 5.19. The molecule has 0 aliphatic carbocycles. The van der Waals surface area contributed by atoms with E-state index < -0.39 is 0 Å². The standard InChI is InChI=1S/C14H21BrN2O/c1-11(12-6-4-7-13(15)10-12)16-9-5-8-14(18)17(2)3/h4,6-7,10-11,16H,5,8-9H2,1-3H3. The van der Waals surface area contributed by atoms with Crippen molar-refractivity contribution in [2.45, 2.75) is 25.8 Å². The quantitative estimate of drug-likeness (QED) is 0.819. The van der Waals surface area contributed by atoms with Gasteiger partial charge in [-0.15, -0.1) is 0 Å². The van der Waals surface area contributed by atoms with Crippen LogP contribution in [0.1, 0.15) is 31.4 Å². The summed E-state index contributed by atoms with van der Waals surface area (Å²) < 4.78 is 1.09. The molecule has 100 valence electrons. The number of nitrogens with one attached hydrogen (secondary N) is 1. The zero-order chi connectivity index (χ0) is 13.5. The summed E-state index contributed by atoms with van der Waals surface area (Å²) in [5.41, 5.74) is 1.25. The minimum absolute atomic E-state index is 0.187. The van der Waals surface area contributed by atoms with Crippen LogP contribution in [0.2, 0.25) is 0 Å². The molecule has 0 aromatic heterocycles. The summed E-state index contributed by atoms with van der Waals surface area (Å²) in [7, 11) is 3.58. The van der Waals surface area contributed by atoms with Gasteiger partial charge in [-0.05, 0) is 37.6 Å². The smallest absolute Gasteiger partial charge is 0.222 e. The summed E-state index contributed by atoms with van der Waals surface area (Å²) in [6, 6.07) is 8.58. The van der Waals surface area contributed by atoms with Crippen molar-refractivity contribution in [2.75, 3.05) is 20.6 Å². The molecule has 1 N–H and O–H groups in total. The molecule has 0 bridgehead atoms. The maximum Gasteiger partial charge on any atom is 0.222 e. The molecule has 18 heavy (non-hydrogen) atoms. The van der Waals surface area contributed by atoms with E-state index in [0.717, 1.165) is 17.4 Å². The molecule has 0 spiro atoms. The number of benzene rings is 1. The van der Waals surface area contributed by atoms with Gasteiger partial charge in [-0.1, -0.05) is 28.1 Å². The van der Waals surface area contributed by atoms with Gasteiger partial charge in [0.15, 0.2) is 0 Å². The minimum atomic E-state index is 0.187. The Balaban J connectivity index is 2.29. The largest absolute Gasteiger partial charge is 0.349 e. The number of hydrogen-bond donors (Lipinski definition) is 1. The molecule has 0 fully saturated rings. The van der Waals surface area contributed by atoms with Gasteiger partial charge in [-0.25, -0.2) is 0 Å². The van der Waals surface area contributed by atoms with Gasteiger partial charge in [0, 0.05) is 31.0 Å². The number of amides is 1. The molecule has 0 heterocycles. The van der Waals surface area contributed by atoms with Crippen LogP contribution in [0.5, 0.6) is 0 Å². The molecule has 4 heteroatoms. The van der Waals surface area contributed by atoms with Gasteiger partial charge >= 0.3 is 0 Å². The molecule has 1 unspecified atom stereocenters. The third-order valence-corrected chi connectivity index (χ3v) is 3.36. The molecule has 0 aliphatic rings. The number of rotatable bonds is 6. The molecular formula is C14H21BrN2O. The Morgan fingerprint density at radius 1 is 1.44 bits per heavy atom. The minimum Gasteiger partial charge on any atom is -0.349 e. The van der Waals surface area contributed by atoms with Crippen molar-refractivity contribution in [2.24, 2.45) is 0 Å². The van der Waals surface area contributed by atoms with Crippen LogP contribution in [-0.2, 0) is 4.79 Å². The SMILES string of the molecule is CC(NCCCC(=O)N(C)C)c1cccc(Br)c1. The predicted molar refractivity (Wildman–Crippen MR) is 78.5 cm³/mol. The molecule has 0 radical (unpaired) electrons. The number of hydrogen-bond acceptors (Lipinski definition) is 2. The van der Waals surface area contributed by atoms with E-state index in [1.54, 1.807) is 19.0 Å². The molecular weight excluding hydrogens is 292 g/mol. The first-order valence-corrected chi connectivity index (χ1v) is 6.99. The highest BCUT2D eigenvalue weighted by Gasteiger charge is 2.06. The molecule has 1 aromatic rings. The van der Waals surface area contributed by atoms with E-state index >= 15 is 0 Å². The van der Waals surface area contributed by atoms with Crippen molar-refractivity contribution in [3.8, 4) is 0 Å². The average molecular weight is 313 g/mol. The van der Waals surface area contributed by atoms with Gasteiger partial charge in [0.05, 0.1) is 0 Å². The highest BCUT2D eigenvalue weighted by molar-refractivity contribution is 9.10. The number of carbonyl (C=O) groups excluding carboxylic acids is 1. The Morgan fingerprint density at radius 3 is 2.78 bits per heavy atom. The van der Waals surface area contributed by atoms with Gasteiger partial charge in [0.1, 0.15) is 0 Å². The second kappa shape index (κ2) is 7.54. The lowest BCUT2D eigenvalue weighted by Gasteiger charge is -2.15. The fourth-order valence-electron chi connectivity index (χ4n) is 1.68. The van der Waals surface area contributed by atoms with E-state index in [1.807, 2.05) is 12.1 Å². The first kappa shape index (κ1) is 15.2. The van der Waals surface area contributed by atoms with E-state index in [2.05, 4.69) is 40.3 Å².